The summed E-state index contributed by atoms with van der Waals surface area (Å²) >= 11 is 1.57. The minimum Gasteiger partial charge on any atom is -0.485 e. The molecule has 8 heteroatoms. The van der Waals surface area contributed by atoms with Gasteiger partial charge in [-0.2, -0.15) is 0 Å². The summed E-state index contributed by atoms with van der Waals surface area (Å²) in [7, 11) is 0. The second-order valence-corrected chi connectivity index (χ2v) is 9.16. The number of aromatic nitrogens is 1. The van der Waals surface area contributed by atoms with Crippen molar-refractivity contribution in [3.8, 4) is 11.5 Å². The Balaban J connectivity index is 1.43. The zero-order chi connectivity index (χ0) is 22.1. The van der Waals surface area contributed by atoms with E-state index in [0.717, 1.165) is 48.6 Å². The Kier molecular flexibility index (Phi) is 5.99. The van der Waals surface area contributed by atoms with Gasteiger partial charge < -0.3 is 14.2 Å². The van der Waals surface area contributed by atoms with Crippen molar-refractivity contribution in [2.24, 2.45) is 0 Å². The number of para-hydroxylation sites is 2. The molecule has 1 aromatic heterocycles. The molecule has 5 rings (SSSR count). The highest BCUT2D eigenvalue weighted by Crippen LogP contribution is 2.35. The fraction of sp³-hybridized carbons (Fsp3) is 0.417. The maximum absolute atomic E-state index is 13.7. The minimum atomic E-state index is -0.705. The highest BCUT2D eigenvalue weighted by Gasteiger charge is 2.33. The van der Waals surface area contributed by atoms with Crippen LogP contribution < -0.4 is 14.4 Å². The van der Waals surface area contributed by atoms with E-state index < -0.39 is 6.10 Å². The maximum atomic E-state index is 13.7. The van der Waals surface area contributed by atoms with Crippen LogP contribution in [0.4, 0.5) is 5.13 Å². The quantitative estimate of drug-likeness (QED) is 0.590. The first-order valence-electron chi connectivity index (χ1n) is 11.0. The topological polar surface area (TPSA) is 64.1 Å². The monoisotopic (exact) mass is 453 g/mol. The molecular weight excluding hydrogens is 426 g/mol. The van der Waals surface area contributed by atoms with Crippen LogP contribution in [0, 0.1) is 13.8 Å². The molecule has 2 aliphatic heterocycles. The number of benzene rings is 2. The Bertz CT molecular complexity index is 1090. The van der Waals surface area contributed by atoms with Crippen LogP contribution in [-0.4, -0.2) is 67.9 Å². The van der Waals surface area contributed by atoms with E-state index in [1.807, 2.05) is 24.3 Å². The summed E-state index contributed by atoms with van der Waals surface area (Å²) in [5.74, 6) is 1.14. The smallest absolute Gasteiger partial charge is 0.273 e. The average molecular weight is 454 g/mol. The van der Waals surface area contributed by atoms with Crippen LogP contribution in [-0.2, 0) is 9.53 Å². The predicted octanol–water partition coefficient (Wildman–Crippen LogP) is 3.42. The highest BCUT2D eigenvalue weighted by molar-refractivity contribution is 7.22. The van der Waals surface area contributed by atoms with Crippen LogP contribution in [0.3, 0.4) is 0 Å². The lowest BCUT2D eigenvalue weighted by atomic mass is 10.1. The van der Waals surface area contributed by atoms with Crippen molar-refractivity contribution in [1.29, 1.82) is 0 Å². The zero-order valence-electron chi connectivity index (χ0n) is 18.4. The van der Waals surface area contributed by atoms with Gasteiger partial charge in [-0.15, -0.1) is 0 Å². The van der Waals surface area contributed by atoms with Gasteiger partial charge in [0.05, 0.1) is 23.4 Å². The van der Waals surface area contributed by atoms with Gasteiger partial charge in [0.1, 0.15) is 6.61 Å². The second-order valence-electron chi connectivity index (χ2n) is 8.18. The lowest BCUT2D eigenvalue weighted by molar-refractivity contribution is -0.127. The first kappa shape index (κ1) is 21.2. The van der Waals surface area contributed by atoms with E-state index in [1.54, 1.807) is 16.2 Å². The molecule has 0 saturated carbocycles. The number of hydrogen-bond acceptors (Lipinski definition) is 7. The SMILES string of the molecule is Cc1ccc(C)c2sc(N(CCN3CCOCC3)C(=O)C3COc4ccccc4O3)nc12. The lowest BCUT2D eigenvalue weighted by Crippen LogP contribution is -2.49. The normalized spacial score (nSPS) is 18.6. The van der Waals surface area contributed by atoms with Gasteiger partial charge >= 0.3 is 0 Å². The predicted molar refractivity (Wildman–Crippen MR) is 125 cm³/mol. The van der Waals surface area contributed by atoms with E-state index in [2.05, 4.69) is 30.9 Å². The molecule has 1 saturated heterocycles. The van der Waals surface area contributed by atoms with Crippen molar-refractivity contribution < 1.29 is 19.0 Å². The van der Waals surface area contributed by atoms with Crippen LogP contribution in [0.1, 0.15) is 11.1 Å². The molecule has 0 spiro atoms. The molecular formula is C24H27N3O4S. The molecule has 7 nitrogen and oxygen atoms in total. The Morgan fingerprint density at radius 3 is 2.66 bits per heavy atom. The fourth-order valence-electron chi connectivity index (χ4n) is 4.04. The Hall–Kier alpha value is -2.68. The molecule has 0 aliphatic carbocycles. The van der Waals surface area contributed by atoms with Crippen LogP contribution in [0.2, 0.25) is 0 Å². The number of hydrogen-bond donors (Lipinski definition) is 0. The molecule has 3 aromatic rings. The number of carbonyl (C=O) groups excluding carboxylic acids is 1. The van der Waals surface area contributed by atoms with Crippen molar-refractivity contribution >= 4 is 32.6 Å². The highest BCUT2D eigenvalue weighted by atomic mass is 32.1. The van der Waals surface area contributed by atoms with E-state index in [9.17, 15) is 4.79 Å². The number of morpholine rings is 1. The Morgan fingerprint density at radius 1 is 1.12 bits per heavy atom. The third kappa shape index (κ3) is 4.18. The third-order valence-corrected chi connectivity index (χ3v) is 7.17. The number of aryl methyl sites for hydroxylation is 2. The van der Waals surface area contributed by atoms with E-state index in [0.29, 0.717) is 23.2 Å². The average Bonchev–Trinajstić information content (AvgIpc) is 3.28. The summed E-state index contributed by atoms with van der Waals surface area (Å²) in [5.41, 5.74) is 3.24. The van der Waals surface area contributed by atoms with E-state index in [1.165, 1.54) is 5.56 Å². The number of rotatable bonds is 5. The summed E-state index contributed by atoms with van der Waals surface area (Å²) in [6, 6.07) is 11.6. The van der Waals surface area contributed by atoms with Gasteiger partial charge in [-0.05, 0) is 37.1 Å². The van der Waals surface area contributed by atoms with Crippen LogP contribution in [0.15, 0.2) is 36.4 Å². The molecule has 3 heterocycles. The maximum Gasteiger partial charge on any atom is 0.273 e. The molecule has 0 bridgehead atoms. The first-order chi connectivity index (χ1) is 15.6. The molecule has 2 aromatic carbocycles. The van der Waals surface area contributed by atoms with Crippen molar-refractivity contribution in [3.05, 3.63) is 47.5 Å². The summed E-state index contributed by atoms with van der Waals surface area (Å²) < 4.78 is 18.4. The van der Waals surface area contributed by atoms with E-state index in [4.69, 9.17) is 19.2 Å². The van der Waals surface area contributed by atoms with Crippen LogP contribution in [0.5, 0.6) is 11.5 Å². The lowest BCUT2D eigenvalue weighted by Gasteiger charge is -2.32. The number of carbonyl (C=O) groups is 1. The molecule has 1 atom stereocenters. The van der Waals surface area contributed by atoms with Crippen molar-refractivity contribution in [3.63, 3.8) is 0 Å². The summed E-state index contributed by atoms with van der Waals surface area (Å²) in [4.78, 5) is 22.7. The number of anilines is 1. The van der Waals surface area contributed by atoms with Crippen molar-refractivity contribution in [1.82, 2.24) is 9.88 Å². The number of ether oxygens (including phenoxy) is 3. The third-order valence-electron chi connectivity index (χ3n) is 5.96. The standard InChI is InChI=1S/C24H27N3O4S/c1-16-7-8-17(2)22-21(16)25-24(32-22)27(10-9-26-11-13-29-14-12-26)23(28)20-15-30-18-5-3-4-6-19(18)31-20/h3-8,20H,9-15H2,1-2H3. The number of thiazole rings is 1. The van der Waals surface area contributed by atoms with Crippen LogP contribution >= 0.6 is 11.3 Å². The molecule has 2 aliphatic rings. The van der Waals surface area contributed by atoms with Crippen LogP contribution in [0.25, 0.3) is 10.2 Å². The molecule has 1 unspecified atom stereocenters. The van der Waals surface area contributed by atoms with Gasteiger partial charge in [-0.3, -0.25) is 14.6 Å². The van der Waals surface area contributed by atoms with Crippen molar-refractivity contribution in [2.45, 2.75) is 20.0 Å². The molecule has 1 fully saturated rings. The summed E-state index contributed by atoms with van der Waals surface area (Å²) in [5, 5.41) is 0.707. The molecule has 0 N–H and O–H groups in total. The van der Waals surface area contributed by atoms with E-state index in [-0.39, 0.29) is 12.5 Å². The number of fused-ring (bicyclic) bond motifs is 2. The van der Waals surface area contributed by atoms with Gasteiger partial charge in [0.15, 0.2) is 16.6 Å². The van der Waals surface area contributed by atoms with Gasteiger partial charge in [0, 0.05) is 26.2 Å². The fourth-order valence-corrected chi connectivity index (χ4v) is 5.19. The van der Waals surface area contributed by atoms with Gasteiger partial charge in [0.25, 0.3) is 5.91 Å². The van der Waals surface area contributed by atoms with Crippen molar-refractivity contribution in [2.75, 3.05) is 50.9 Å². The molecule has 168 valence electrons. The molecule has 0 radical (unpaired) electrons. The minimum absolute atomic E-state index is 0.123. The summed E-state index contributed by atoms with van der Waals surface area (Å²) in [6.45, 7) is 8.82. The largest absolute Gasteiger partial charge is 0.485 e. The number of amides is 1. The zero-order valence-corrected chi connectivity index (χ0v) is 19.2. The Labute approximate surface area is 191 Å². The van der Waals surface area contributed by atoms with Gasteiger partial charge in [-0.1, -0.05) is 35.6 Å². The van der Waals surface area contributed by atoms with Gasteiger partial charge in [-0.25, -0.2) is 4.98 Å². The summed E-state index contributed by atoms with van der Waals surface area (Å²) in [6.07, 6.45) is -0.705. The number of nitrogens with zero attached hydrogens (tertiary/aromatic N) is 3. The van der Waals surface area contributed by atoms with Gasteiger partial charge in [0.2, 0.25) is 6.10 Å². The first-order valence-corrected chi connectivity index (χ1v) is 11.8. The molecule has 1 amide bonds. The molecule has 32 heavy (non-hydrogen) atoms. The Morgan fingerprint density at radius 2 is 1.88 bits per heavy atom. The van der Waals surface area contributed by atoms with E-state index >= 15 is 0 Å². The second kappa shape index (κ2) is 9.05.